The monoisotopic (exact) mass is 298 g/mol. The van der Waals surface area contributed by atoms with E-state index in [-0.39, 0.29) is 24.0 Å². The lowest BCUT2D eigenvalue weighted by molar-refractivity contribution is 0.0372. The fraction of sp³-hybridized carbons (Fsp3) is 0.500. The first-order valence-corrected chi connectivity index (χ1v) is 7.94. The summed E-state index contributed by atoms with van der Waals surface area (Å²) in [4.78, 5) is 4.65. The lowest BCUT2D eigenvalue weighted by atomic mass is 9.54. The lowest BCUT2D eigenvalue weighted by Gasteiger charge is -2.34. The molecule has 1 heterocycles. The number of hydrogen-bond acceptors (Lipinski definition) is 3. The molecule has 2 N–H and O–H groups in total. The van der Waals surface area contributed by atoms with Crippen LogP contribution in [0.4, 0.5) is 0 Å². The minimum atomic E-state index is -0.162. The summed E-state index contributed by atoms with van der Waals surface area (Å²) < 4.78 is 6.22. The minimum Gasteiger partial charge on any atom is -0.425 e. The normalized spacial score (nSPS) is 22.2. The smallest absolute Gasteiger partial charge is 0.330 e. The molecule has 0 bridgehead atoms. The third-order valence-electron chi connectivity index (χ3n) is 5.06. The molecule has 1 fully saturated rings. The average molecular weight is 298 g/mol. The summed E-state index contributed by atoms with van der Waals surface area (Å²) in [5.41, 5.74) is 7.93. The molecule has 0 aromatic heterocycles. The maximum atomic E-state index is 6.22. The molecule has 1 aliphatic rings. The molecule has 0 aliphatic carbocycles. The van der Waals surface area contributed by atoms with Gasteiger partial charge < -0.3 is 10.4 Å². The molecule has 0 amide bonds. The molecule has 1 aromatic rings. The largest absolute Gasteiger partial charge is 0.425 e. The second kappa shape index (κ2) is 6.29. The van der Waals surface area contributed by atoms with E-state index < -0.39 is 0 Å². The number of allylic oxidation sites excluding steroid dienone is 1. The van der Waals surface area contributed by atoms with Crippen molar-refractivity contribution in [3.63, 3.8) is 0 Å². The van der Waals surface area contributed by atoms with Gasteiger partial charge in [0.15, 0.2) is 0 Å². The van der Waals surface area contributed by atoms with Gasteiger partial charge in [-0.1, -0.05) is 44.2 Å². The third kappa shape index (κ3) is 3.44. The Kier molecular flexibility index (Phi) is 4.81. The van der Waals surface area contributed by atoms with Gasteiger partial charge in [-0.2, -0.15) is 0 Å². The van der Waals surface area contributed by atoms with Crippen molar-refractivity contribution in [2.24, 2.45) is 16.1 Å². The van der Waals surface area contributed by atoms with Crippen molar-refractivity contribution in [3.05, 3.63) is 47.6 Å². The van der Waals surface area contributed by atoms with E-state index in [1.165, 1.54) is 5.56 Å². The lowest BCUT2D eigenvalue weighted by Crippen LogP contribution is -2.34. The van der Waals surface area contributed by atoms with Gasteiger partial charge in [-0.3, -0.25) is 4.99 Å². The van der Waals surface area contributed by atoms with Crippen LogP contribution in [0.25, 0.3) is 0 Å². The van der Waals surface area contributed by atoms with Crippen molar-refractivity contribution < 1.29 is 4.65 Å². The van der Waals surface area contributed by atoms with E-state index in [0.29, 0.717) is 0 Å². The third-order valence-corrected chi connectivity index (χ3v) is 5.06. The van der Waals surface area contributed by atoms with Crippen molar-refractivity contribution >= 4 is 13.1 Å². The summed E-state index contributed by atoms with van der Waals surface area (Å²) in [5, 5.41) is 0. The van der Waals surface area contributed by atoms with Gasteiger partial charge >= 0.3 is 6.92 Å². The van der Waals surface area contributed by atoms with Gasteiger partial charge in [0.1, 0.15) is 0 Å². The van der Waals surface area contributed by atoms with Crippen molar-refractivity contribution in [2.45, 2.75) is 52.6 Å². The van der Waals surface area contributed by atoms with Crippen molar-refractivity contribution in [1.82, 2.24) is 0 Å². The topological polar surface area (TPSA) is 47.6 Å². The molecule has 1 unspecified atom stereocenters. The highest BCUT2D eigenvalue weighted by Gasteiger charge is 2.50. The second-order valence-corrected chi connectivity index (χ2v) is 7.24. The van der Waals surface area contributed by atoms with Gasteiger partial charge in [-0.25, -0.2) is 0 Å². The van der Waals surface area contributed by atoms with E-state index in [4.69, 9.17) is 10.4 Å². The molecule has 4 heteroatoms. The summed E-state index contributed by atoms with van der Waals surface area (Å²) in [5.74, 6) is 0. The van der Waals surface area contributed by atoms with Crippen LogP contribution in [-0.4, -0.2) is 18.7 Å². The zero-order valence-electron chi connectivity index (χ0n) is 14.3. The Hall–Kier alpha value is -1.55. The van der Waals surface area contributed by atoms with Crippen LogP contribution in [0.5, 0.6) is 0 Å². The Balaban J connectivity index is 2.10. The van der Waals surface area contributed by atoms with Gasteiger partial charge in [0, 0.05) is 6.21 Å². The van der Waals surface area contributed by atoms with Crippen LogP contribution in [0.2, 0.25) is 6.32 Å². The minimum absolute atomic E-state index is 0.0155. The number of nitrogens with two attached hydrogens (primary N) is 1. The van der Waals surface area contributed by atoms with E-state index in [1.807, 2.05) is 24.4 Å². The maximum Gasteiger partial charge on any atom is 0.330 e. The molecular formula is C18H27BN2O. The van der Waals surface area contributed by atoms with Crippen molar-refractivity contribution in [1.29, 1.82) is 0 Å². The Morgan fingerprint density at radius 3 is 2.41 bits per heavy atom. The van der Waals surface area contributed by atoms with E-state index in [1.54, 1.807) is 6.20 Å². The predicted molar refractivity (Wildman–Crippen MR) is 95.1 cm³/mol. The van der Waals surface area contributed by atoms with Gasteiger partial charge in [0.2, 0.25) is 0 Å². The van der Waals surface area contributed by atoms with Crippen molar-refractivity contribution in [3.8, 4) is 0 Å². The van der Waals surface area contributed by atoms with Gasteiger partial charge in [-0.05, 0) is 49.7 Å². The number of hydrogen-bond donors (Lipinski definition) is 1. The highest BCUT2D eigenvalue weighted by atomic mass is 16.5. The molecule has 1 saturated heterocycles. The van der Waals surface area contributed by atoms with Gasteiger partial charge in [0.05, 0.1) is 11.6 Å². The summed E-state index contributed by atoms with van der Waals surface area (Å²) in [7, 11) is 0. The maximum absolute atomic E-state index is 6.22. The molecule has 0 radical (unpaired) electrons. The van der Waals surface area contributed by atoms with Crippen LogP contribution in [0, 0.1) is 5.41 Å². The Bertz CT molecular complexity index is 548. The predicted octanol–water partition coefficient (Wildman–Crippen LogP) is 4.03. The highest BCUT2D eigenvalue weighted by Crippen LogP contribution is 2.46. The van der Waals surface area contributed by atoms with Crippen LogP contribution < -0.4 is 5.73 Å². The fourth-order valence-corrected chi connectivity index (χ4v) is 2.70. The van der Waals surface area contributed by atoms with Crippen LogP contribution in [0.3, 0.4) is 0 Å². The van der Waals surface area contributed by atoms with Crippen LogP contribution in [-0.2, 0) is 4.65 Å². The zero-order valence-corrected chi connectivity index (χ0v) is 14.3. The molecule has 2 rings (SSSR count). The van der Waals surface area contributed by atoms with E-state index in [2.05, 4.69) is 51.7 Å². The van der Waals surface area contributed by atoms with Crippen LogP contribution in [0.15, 0.2) is 47.0 Å². The summed E-state index contributed by atoms with van der Waals surface area (Å²) >= 11 is 0. The summed E-state index contributed by atoms with van der Waals surface area (Å²) in [6, 6.07) is 10.4. The summed E-state index contributed by atoms with van der Waals surface area (Å²) in [6.45, 7) is 10.9. The van der Waals surface area contributed by atoms with Crippen LogP contribution >= 0.6 is 0 Å². The molecule has 118 valence electrons. The number of aliphatic imine (C=N–C) groups is 1. The SMILES string of the molecule is CC(N=CC(=CN)B1CC(C)(C)C(C)(C)O1)c1ccccc1. The number of benzene rings is 1. The van der Waals surface area contributed by atoms with Gasteiger partial charge in [0.25, 0.3) is 0 Å². The van der Waals surface area contributed by atoms with E-state index in [0.717, 1.165) is 11.8 Å². The number of rotatable bonds is 4. The van der Waals surface area contributed by atoms with Crippen LogP contribution in [0.1, 0.15) is 46.2 Å². The van der Waals surface area contributed by atoms with Gasteiger partial charge in [-0.15, -0.1) is 0 Å². The first-order valence-electron chi connectivity index (χ1n) is 7.94. The Morgan fingerprint density at radius 2 is 1.91 bits per heavy atom. The molecule has 0 spiro atoms. The fourth-order valence-electron chi connectivity index (χ4n) is 2.70. The Labute approximate surface area is 134 Å². The molecule has 3 nitrogen and oxygen atoms in total. The first-order chi connectivity index (χ1) is 10.3. The first kappa shape index (κ1) is 16.8. The standard InChI is InChI=1S/C18H27BN2O/c1-14(15-9-7-6-8-10-15)21-12-16(11-20)19-13-17(2,3)18(4,5)22-19/h6-12,14H,13,20H2,1-5H3. The highest BCUT2D eigenvalue weighted by molar-refractivity contribution is 6.66. The molecular weight excluding hydrogens is 271 g/mol. The molecule has 0 saturated carbocycles. The van der Waals surface area contributed by atoms with E-state index >= 15 is 0 Å². The van der Waals surface area contributed by atoms with E-state index in [9.17, 15) is 0 Å². The summed E-state index contributed by atoms with van der Waals surface area (Å²) in [6.07, 6.45) is 4.46. The molecule has 1 aromatic carbocycles. The number of nitrogens with zero attached hydrogens (tertiary/aromatic N) is 1. The quantitative estimate of drug-likeness (QED) is 0.674. The molecule has 22 heavy (non-hydrogen) atoms. The Morgan fingerprint density at radius 1 is 1.27 bits per heavy atom. The molecule has 1 aliphatic heterocycles. The zero-order chi connectivity index (χ0) is 16.4. The average Bonchev–Trinajstić information content (AvgIpc) is 2.68. The molecule has 1 atom stereocenters. The van der Waals surface area contributed by atoms with Crippen molar-refractivity contribution in [2.75, 3.05) is 0 Å². The second-order valence-electron chi connectivity index (χ2n) is 7.24.